The highest BCUT2D eigenvalue weighted by atomic mass is 16.6. The highest BCUT2D eigenvalue weighted by molar-refractivity contribution is 5.81. The number of rotatable bonds is 7. The van der Waals surface area contributed by atoms with E-state index >= 15 is 0 Å². The zero-order valence-corrected chi connectivity index (χ0v) is 16.9. The van der Waals surface area contributed by atoms with Crippen molar-refractivity contribution in [1.29, 1.82) is 0 Å². The van der Waals surface area contributed by atoms with Crippen molar-refractivity contribution in [2.45, 2.75) is 50.7 Å². The first-order valence-electron chi connectivity index (χ1n) is 10.4. The number of ether oxygens (including phenoxy) is 2. The highest BCUT2D eigenvalue weighted by Crippen LogP contribution is 2.42. The van der Waals surface area contributed by atoms with Gasteiger partial charge in [0.15, 0.2) is 18.2 Å². The number of likely N-dealkylation sites (N-methyl/N-ethyl adjacent to an activating group) is 1. The number of nitrogens with zero attached hydrogens (tertiary/aromatic N) is 1. The number of aliphatic hydroxyl groups is 1. The largest absolute Gasteiger partial charge is 0.462 e. The number of quaternary nitrogens is 1. The predicted molar refractivity (Wildman–Crippen MR) is 104 cm³/mol. The van der Waals surface area contributed by atoms with Crippen LogP contribution in [0.1, 0.15) is 44.6 Å². The molecule has 1 heterocycles. The molecule has 154 valence electrons. The van der Waals surface area contributed by atoms with Gasteiger partial charge in [-0.2, -0.15) is 0 Å². The molecule has 1 saturated carbocycles. The molecule has 0 amide bonds. The molecule has 1 aliphatic heterocycles. The second-order valence-electron chi connectivity index (χ2n) is 8.42. The average molecular weight is 391 g/mol. The van der Waals surface area contributed by atoms with E-state index in [1.54, 1.807) is 19.1 Å². The Morgan fingerprint density at radius 3 is 2.50 bits per heavy atom. The van der Waals surface area contributed by atoms with Gasteiger partial charge in [-0.15, -0.1) is 0 Å². The van der Waals surface area contributed by atoms with Crippen LogP contribution in [0.3, 0.4) is 0 Å². The first-order chi connectivity index (χ1) is 13.4. The van der Waals surface area contributed by atoms with Crippen molar-refractivity contribution in [2.24, 2.45) is 5.92 Å². The van der Waals surface area contributed by atoms with E-state index in [0.717, 1.165) is 32.2 Å². The molecule has 1 aromatic carbocycles. The van der Waals surface area contributed by atoms with Gasteiger partial charge in [-0.05, 0) is 25.3 Å². The molecule has 0 bridgehead atoms. The quantitative estimate of drug-likeness (QED) is 0.572. The van der Waals surface area contributed by atoms with Crippen molar-refractivity contribution in [2.75, 3.05) is 33.3 Å². The molecular weight excluding hydrogens is 358 g/mol. The maximum absolute atomic E-state index is 13.2. The number of hydrogen-bond donors (Lipinski definition) is 1. The smallest absolute Gasteiger partial charge is 0.361 e. The van der Waals surface area contributed by atoms with Crippen LogP contribution in [-0.2, 0) is 24.7 Å². The minimum absolute atomic E-state index is 0.121. The fraction of sp³-hybridized carbons (Fsp3) is 0.636. The molecular formula is C22H32NO5+. The standard InChI is InChI=1S/C22H32NO5/c1-3-27-20(24)16-23(2)14-13-19(15-23)28-21(25)22(26,18-11-7-8-12-18)17-9-5-4-6-10-17/h4-6,9-10,18-19,26H,3,7-8,11-16H2,1-2H3/q+1/t19-,22-,23+/m0/s1. The zero-order valence-electron chi connectivity index (χ0n) is 16.9. The van der Waals surface area contributed by atoms with Crippen molar-refractivity contribution in [3.63, 3.8) is 0 Å². The molecule has 0 unspecified atom stereocenters. The van der Waals surface area contributed by atoms with Crippen LogP contribution in [0, 0.1) is 5.92 Å². The lowest BCUT2D eigenvalue weighted by Crippen LogP contribution is -2.48. The monoisotopic (exact) mass is 390 g/mol. The summed E-state index contributed by atoms with van der Waals surface area (Å²) in [5.41, 5.74) is -1.00. The summed E-state index contributed by atoms with van der Waals surface area (Å²) in [6.45, 7) is 3.72. The molecule has 2 fully saturated rings. The third kappa shape index (κ3) is 4.39. The molecule has 0 aromatic heterocycles. The van der Waals surface area contributed by atoms with E-state index in [4.69, 9.17) is 9.47 Å². The summed E-state index contributed by atoms with van der Waals surface area (Å²) < 4.78 is 11.4. The number of likely N-dealkylation sites (tertiary alicyclic amines) is 1. The van der Waals surface area contributed by atoms with E-state index in [2.05, 4.69) is 0 Å². The second kappa shape index (κ2) is 8.62. The van der Waals surface area contributed by atoms with Crippen LogP contribution < -0.4 is 0 Å². The van der Waals surface area contributed by atoms with Crippen molar-refractivity contribution >= 4 is 11.9 Å². The predicted octanol–water partition coefficient (Wildman–Crippen LogP) is 2.39. The fourth-order valence-corrected chi connectivity index (χ4v) is 4.69. The molecule has 1 saturated heterocycles. The molecule has 1 aromatic rings. The molecule has 0 spiro atoms. The van der Waals surface area contributed by atoms with Gasteiger partial charge in [0, 0.05) is 12.3 Å². The Morgan fingerprint density at radius 2 is 1.86 bits per heavy atom. The van der Waals surface area contributed by atoms with E-state index in [1.807, 2.05) is 25.2 Å². The Labute approximate surface area is 167 Å². The fourth-order valence-electron chi connectivity index (χ4n) is 4.69. The number of esters is 2. The summed E-state index contributed by atoms with van der Waals surface area (Å²) in [4.78, 5) is 25.0. The summed E-state index contributed by atoms with van der Waals surface area (Å²) in [6, 6.07) is 9.15. The Morgan fingerprint density at radius 1 is 1.18 bits per heavy atom. The molecule has 0 radical (unpaired) electrons. The lowest BCUT2D eigenvalue weighted by molar-refractivity contribution is -0.891. The summed E-state index contributed by atoms with van der Waals surface area (Å²) in [7, 11) is 1.98. The summed E-state index contributed by atoms with van der Waals surface area (Å²) in [5, 5.41) is 11.5. The van der Waals surface area contributed by atoms with Crippen LogP contribution in [0.2, 0.25) is 0 Å². The zero-order chi connectivity index (χ0) is 20.2. The van der Waals surface area contributed by atoms with Crippen LogP contribution in [0.4, 0.5) is 0 Å². The molecule has 3 rings (SSSR count). The van der Waals surface area contributed by atoms with Crippen LogP contribution in [-0.4, -0.2) is 60.9 Å². The van der Waals surface area contributed by atoms with Crippen molar-refractivity contribution in [3.8, 4) is 0 Å². The van der Waals surface area contributed by atoms with Gasteiger partial charge in [-0.3, -0.25) is 0 Å². The number of carbonyl (C=O) groups is 2. The molecule has 28 heavy (non-hydrogen) atoms. The van der Waals surface area contributed by atoms with E-state index in [1.165, 1.54) is 0 Å². The van der Waals surface area contributed by atoms with E-state index < -0.39 is 11.6 Å². The SMILES string of the molecule is CCOC(=O)C[N@+]1(C)CC[C@H](OC(=O)[C@](O)(c2ccccc2)C2CCCC2)C1. The van der Waals surface area contributed by atoms with Gasteiger partial charge in [0.05, 0.1) is 20.2 Å². The summed E-state index contributed by atoms with van der Waals surface area (Å²) in [6.07, 6.45) is 4.06. The van der Waals surface area contributed by atoms with E-state index in [0.29, 0.717) is 29.6 Å². The molecule has 1 aliphatic carbocycles. The van der Waals surface area contributed by atoms with Crippen molar-refractivity contribution < 1.29 is 28.7 Å². The lowest BCUT2D eigenvalue weighted by atomic mass is 9.80. The second-order valence-corrected chi connectivity index (χ2v) is 8.42. The minimum Gasteiger partial charge on any atom is -0.462 e. The molecule has 3 atom stereocenters. The first kappa shape index (κ1) is 20.8. The van der Waals surface area contributed by atoms with Gasteiger partial charge in [-0.25, -0.2) is 9.59 Å². The minimum atomic E-state index is -1.61. The maximum Gasteiger partial charge on any atom is 0.361 e. The van der Waals surface area contributed by atoms with Gasteiger partial charge in [0.2, 0.25) is 0 Å². The van der Waals surface area contributed by atoms with Gasteiger partial charge >= 0.3 is 11.9 Å². The van der Waals surface area contributed by atoms with E-state index in [-0.39, 0.29) is 24.5 Å². The molecule has 6 heteroatoms. The van der Waals surface area contributed by atoms with Crippen LogP contribution in [0.5, 0.6) is 0 Å². The van der Waals surface area contributed by atoms with E-state index in [9.17, 15) is 14.7 Å². The van der Waals surface area contributed by atoms with Crippen molar-refractivity contribution in [3.05, 3.63) is 35.9 Å². The Balaban J connectivity index is 1.70. The van der Waals surface area contributed by atoms with Crippen LogP contribution in [0.25, 0.3) is 0 Å². The van der Waals surface area contributed by atoms with Gasteiger partial charge in [-0.1, -0.05) is 43.2 Å². The summed E-state index contributed by atoms with van der Waals surface area (Å²) in [5.74, 6) is -0.909. The number of carbonyl (C=O) groups excluding carboxylic acids is 2. The highest BCUT2D eigenvalue weighted by Gasteiger charge is 2.50. The van der Waals surface area contributed by atoms with Gasteiger partial charge in [0.25, 0.3) is 0 Å². The maximum atomic E-state index is 13.2. The molecule has 1 N–H and O–H groups in total. The first-order valence-corrected chi connectivity index (χ1v) is 10.4. The Bertz CT molecular complexity index is 687. The van der Waals surface area contributed by atoms with Gasteiger partial charge < -0.3 is 19.1 Å². The molecule has 2 aliphatic rings. The third-order valence-electron chi connectivity index (χ3n) is 6.20. The lowest BCUT2D eigenvalue weighted by Gasteiger charge is -2.33. The Hall–Kier alpha value is -1.92. The average Bonchev–Trinajstić information content (AvgIpc) is 3.32. The third-order valence-corrected chi connectivity index (χ3v) is 6.20. The summed E-state index contributed by atoms with van der Waals surface area (Å²) >= 11 is 0. The topological polar surface area (TPSA) is 72.8 Å². The van der Waals surface area contributed by atoms with Crippen LogP contribution >= 0.6 is 0 Å². The van der Waals surface area contributed by atoms with Crippen LogP contribution in [0.15, 0.2) is 30.3 Å². The van der Waals surface area contributed by atoms with Gasteiger partial charge in [0.1, 0.15) is 6.54 Å². The normalized spacial score (nSPS) is 27.3. The number of hydrogen-bond acceptors (Lipinski definition) is 5. The Kier molecular flexibility index (Phi) is 6.40. The number of benzene rings is 1. The molecule has 6 nitrogen and oxygen atoms in total. The van der Waals surface area contributed by atoms with Crippen molar-refractivity contribution in [1.82, 2.24) is 0 Å².